The average molecular weight is 326 g/mol. The van der Waals surface area contributed by atoms with E-state index >= 15 is 0 Å². The lowest BCUT2D eigenvalue weighted by Crippen LogP contribution is -2.86. The first-order valence-corrected chi connectivity index (χ1v) is 7.18. The Kier molecular flexibility index (Phi) is 5.46. The third kappa shape index (κ3) is 4.26. The van der Waals surface area contributed by atoms with Gasteiger partial charge in [0.2, 0.25) is 0 Å². The Labute approximate surface area is 132 Å². The molecule has 6 heteroatoms. The normalized spacial score (nSPS) is 12.0. The summed E-state index contributed by atoms with van der Waals surface area (Å²) in [6, 6.07) is 10.5. The van der Waals surface area contributed by atoms with Crippen LogP contribution in [0.1, 0.15) is 18.5 Å². The molecule has 2 aromatic rings. The summed E-state index contributed by atoms with van der Waals surface area (Å²) in [5.41, 5.74) is 1.16. The fourth-order valence-corrected chi connectivity index (χ4v) is 2.16. The number of nitrogens with one attached hydrogen (secondary N) is 1. The first-order chi connectivity index (χ1) is 10.5. The molecule has 0 heterocycles. The fourth-order valence-electron chi connectivity index (χ4n) is 1.98. The van der Waals surface area contributed by atoms with Gasteiger partial charge in [0.15, 0.2) is 18.2 Å². The summed E-state index contributed by atoms with van der Waals surface area (Å²) in [5, 5.41) is 4.90. The zero-order valence-corrected chi connectivity index (χ0v) is 12.7. The highest BCUT2D eigenvalue weighted by molar-refractivity contribution is 6.33. The molecule has 3 nitrogen and oxygen atoms in total. The van der Waals surface area contributed by atoms with Crippen molar-refractivity contribution < 1.29 is 18.9 Å². The van der Waals surface area contributed by atoms with Gasteiger partial charge in [-0.25, -0.2) is 8.78 Å². The van der Waals surface area contributed by atoms with Gasteiger partial charge < -0.3 is 10.6 Å². The maximum absolute atomic E-state index is 13.2. The van der Waals surface area contributed by atoms with Gasteiger partial charge >= 0.3 is 0 Å². The number of para-hydroxylation sites is 1. The minimum absolute atomic E-state index is 0.144. The van der Waals surface area contributed by atoms with Gasteiger partial charge in [-0.2, -0.15) is 0 Å². The highest BCUT2D eigenvalue weighted by atomic mass is 35.5. The number of quaternary nitrogens is 1. The van der Waals surface area contributed by atoms with E-state index in [9.17, 15) is 13.6 Å². The number of halogens is 3. The van der Waals surface area contributed by atoms with Gasteiger partial charge in [0.05, 0.1) is 10.7 Å². The summed E-state index contributed by atoms with van der Waals surface area (Å²) in [5.74, 6) is -1.99. The molecular weight excluding hydrogens is 310 g/mol. The second kappa shape index (κ2) is 7.33. The van der Waals surface area contributed by atoms with Crippen LogP contribution in [-0.4, -0.2) is 12.5 Å². The van der Waals surface area contributed by atoms with Crippen molar-refractivity contribution in [1.29, 1.82) is 0 Å². The number of carbonyl (C=O) groups is 1. The van der Waals surface area contributed by atoms with Crippen LogP contribution in [-0.2, 0) is 4.79 Å². The van der Waals surface area contributed by atoms with Crippen LogP contribution in [0.2, 0.25) is 5.02 Å². The van der Waals surface area contributed by atoms with Gasteiger partial charge in [0.1, 0.15) is 6.04 Å². The molecule has 0 aromatic heterocycles. The molecule has 22 heavy (non-hydrogen) atoms. The molecular formula is C16H16ClF2N2O+. The van der Waals surface area contributed by atoms with Crippen LogP contribution in [0.5, 0.6) is 0 Å². The highest BCUT2D eigenvalue weighted by Gasteiger charge is 2.14. The number of rotatable bonds is 5. The molecule has 0 fully saturated rings. The van der Waals surface area contributed by atoms with Crippen LogP contribution >= 0.6 is 11.6 Å². The first kappa shape index (κ1) is 16.4. The maximum atomic E-state index is 13.2. The predicted molar refractivity (Wildman–Crippen MR) is 81.6 cm³/mol. The van der Waals surface area contributed by atoms with E-state index in [0.717, 1.165) is 12.1 Å². The number of carbonyl (C=O) groups excluding carboxylic acids is 1. The number of hydrogen-bond donors (Lipinski definition) is 2. The first-order valence-electron chi connectivity index (χ1n) is 6.80. The van der Waals surface area contributed by atoms with Gasteiger partial charge in [-0.3, -0.25) is 4.79 Å². The monoisotopic (exact) mass is 325 g/mol. The summed E-state index contributed by atoms with van der Waals surface area (Å²) in [7, 11) is 0. The lowest BCUT2D eigenvalue weighted by Gasteiger charge is -2.12. The number of benzene rings is 2. The van der Waals surface area contributed by atoms with Crippen LogP contribution in [0.3, 0.4) is 0 Å². The van der Waals surface area contributed by atoms with Crippen molar-refractivity contribution in [1.82, 2.24) is 0 Å². The summed E-state index contributed by atoms with van der Waals surface area (Å²) in [6.45, 7) is 1.96. The molecule has 116 valence electrons. The number of nitrogens with two attached hydrogens (primary N) is 1. The Morgan fingerprint density at radius 3 is 2.64 bits per heavy atom. The maximum Gasteiger partial charge on any atom is 0.279 e. The van der Waals surface area contributed by atoms with Gasteiger partial charge in [0.25, 0.3) is 5.91 Å². The van der Waals surface area contributed by atoms with Crippen molar-refractivity contribution in [2.24, 2.45) is 0 Å². The minimum atomic E-state index is -0.890. The van der Waals surface area contributed by atoms with E-state index in [1.165, 1.54) is 6.07 Å². The van der Waals surface area contributed by atoms with Crippen LogP contribution in [0.4, 0.5) is 14.5 Å². The van der Waals surface area contributed by atoms with E-state index < -0.39 is 11.6 Å². The molecule has 0 aliphatic carbocycles. The fraction of sp³-hybridized carbons (Fsp3) is 0.188. The Bertz CT molecular complexity index is 679. The van der Waals surface area contributed by atoms with Crippen LogP contribution in [0.25, 0.3) is 0 Å². The average Bonchev–Trinajstić information content (AvgIpc) is 2.50. The highest BCUT2D eigenvalue weighted by Crippen LogP contribution is 2.20. The Balaban J connectivity index is 1.90. The van der Waals surface area contributed by atoms with E-state index in [1.807, 2.05) is 6.92 Å². The van der Waals surface area contributed by atoms with E-state index in [4.69, 9.17) is 11.6 Å². The van der Waals surface area contributed by atoms with Gasteiger partial charge in [-0.15, -0.1) is 0 Å². The SMILES string of the molecule is C[C@H]([NH2+]CC(=O)Nc1ccccc1Cl)c1ccc(F)c(F)c1. The van der Waals surface area contributed by atoms with Crippen molar-refractivity contribution >= 4 is 23.2 Å². The quantitative estimate of drug-likeness (QED) is 0.872. The molecule has 0 unspecified atom stereocenters. The smallest absolute Gasteiger partial charge is 0.279 e. The van der Waals surface area contributed by atoms with Crippen molar-refractivity contribution in [2.45, 2.75) is 13.0 Å². The lowest BCUT2D eigenvalue weighted by molar-refractivity contribution is -0.682. The van der Waals surface area contributed by atoms with E-state index in [2.05, 4.69) is 5.32 Å². The molecule has 0 bridgehead atoms. The molecule has 1 atom stereocenters. The molecule has 0 spiro atoms. The molecule has 2 aromatic carbocycles. The molecule has 0 aliphatic rings. The Hall–Kier alpha value is -1.98. The molecule has 0 radical (unpaired) electrons. The number of anilines is 1. The van der Waals surface area contributed by atoms with Gasteiger partial charge in [-0.05, 0) is 37.3 Å². The predicted octanol–water partition coefficient (Wildman–Crippen LogP) is 2.88. The zero-order chi connectivity index (χ0) is 16.1. The third-order valence-electron chi connectivity index (χ3n) is 3.27. The second-order valence-electron chi connectivity index (χ2n) is 4.93. The minimum Gasteiger partial charge on any atom is -0.333 e. The van der Waals surface area contributed by atoms with Gasteiger partial charge in [0, 0.05) is 5.56 Å². The standard InChI is InChI=1S/C16H15ClF2N2O/c1-10(11-6-7-13(18)14(19)8-11)20-9-16(22)21-15-5-3-2-4-12(15)17/h2-8,10,20H,9H2,1H3,(H,21,22)/p+1/t10-/m0/s1. The lowest BCUT2D eigenvalue weighted by atomic mass is 10.1. The molecule has 1 amide bonds. The third-order valence-corrected chi connectivity index (χ3v) is 3.60. The van der Waals surface area contributed by atoms with Crippen molar-refractivity contribution in [2.75, 3.05) is 11.9 Å². The molecule has 0 saturated heterocycles. The van der Waals surface area contributed by atoms with E-state index in [1.54, 1.807) is 29.6 Å². The Morgan fingerprint density at radius 1 is 1.23 bits per heavy atom. The second-order valence-corrected chi connectivity index (χ2v) is 5.34. The van der Waals surface area contributed by atoms with Gasteiger partial charge in [-0.1, -0.05) is 23.7 Å². The topological polar surface area (TPSA) is 45.7 Å². The molecule has 2 rings (SSSR count). The largest absolute Gasteiger partial charge is 0.333 e. The molecule has 0 aliphatic heterocycles. The summed E-state index contributed by atoms with van der Waals surface area (Å²) in [4.78, 5) is 11.9. The molecule has 0 saturated carbocycles. The Morgan fingerprint density at radius 2 is 1.95 bits per heavy atom. The zero-order valence-electron chi connectivity index (χ0n) is 11.9. The summed E-state index contributed by atoms with van der Waals surface area (Å²) in [6.07, 6.45) is 0. The van der Waals surface area contributed by atoms with Crippen LogP contribution in [0.15, 0.2) is 42.5 Å². The number of hydrogen-bond acceptors (Lipinski definition) is 1. The number of amides is 1. The summed E-state index contributed by atoms with van der Waals surface area (Å²) >= 11 is 5.96. The van der Waals surface area contributed by atoms with Crippen molar-refractivity contribution in [3.8, 4) is 0 Å². The van der Waals surface area contributed by atoms with Crippen LogP contribution in [0, 0.1) is 11.6 Å². The van der Waals surface area contributed by atoms with Crippen molar-refractivity contribution in [3.63, 3.8) is 0 Å². The van der Waals surface area contributed by atoms with Crippen molar-refractivity contribution in [3.05, 3.63) is 64.7 Å². The van der Waals surface area contributed by atoms with E-state index in [-0.39, 0.29) is 18.5 Å². The van der Waals surface area contributed by atoms with E-state index in [0.29, 0.717) is 16.3 Å². The summed E-state index contributed by atoms with van der Waals surface area (Å²) < 4.78 is 26.1. The van der Waals surface area contributed by atoms with Crippen LogP contribution < -0.4 is 10.6 Å². The molecule has 3 N–H and O–H groups in total.